The van der Waals surface area contributed by atoms with Gasteiger partial charge in [-0.1, -0.05) is 25.8 Å². The van der Waals surface area contributed by atoms with Gasteiger partial charge in [0, 0.05) is 18.8 Å². The summed E-state index contributed by atoms with van der Waals surface area (Å²) in [5.41, 5.74) is 1.15. The molecule has 2 atom stereocenters. The van der Waals surface area contributed by atoms with Gasteiger partial charge in [-0.15, -0.1) is 0 Å². The van der Waals surface area contributed by atoms with Crippen LogP contribution >= 0.6 is 0 Å². The first kappa shape index (κ1) is 10.6. The zero-order valence-electron chi connectivity index (χ0n) is 9.45. The van der Waals surface area contributed by atoms with E-state index in [9.17, 15) is 0 Å². The van der Waals surface area contributed by atoms with Crippen molar-refractivity contribution >= 4 is 0 Å². The molecule has 0 aromatic carbocycles. The molecule has 1 saturated carbocycles. The maximum atomic E-state index is 4.32. The number of hydrogen-bond donors (Lipinski definition) is 1. The van der Waals surface area contributed by atoms with Gasteiger partial charge in [0.25, 0.3) is 0 Å². The lowest BCUT2D eigenvalue weighted by Gasteiger charge is -2.27. The summed E-state index contributed by atoms with van der Waals surface area (Å²) < 4.78 is 0. The highest BCUT2D eigenvalue weighted by atomic mass is 14.9. The highest BCUT2D eigenvalue weighted by Crippen LogP contribution is 2.23. The van der Waals surface area contributed by atoms with Crippen LogP contribution in [-0.4, -0.2) is 11.0 Å². The summed E-state index contributed by atoms with van der Waals surface area (Å²) in [6, 6.07) is 6.80. The Hall–Kier alpha value is -0.890. The van der Waals surface area contributed by atoms with Crippen molar-refractivity contribution in [1.29, 1.82) is 0 Å². The summed E-state index contributed by atoms with van der Waals surface area (Å²) in [6.07, 6.45) is 7.30. The number of nitrogens with one attached hydrogen (secondary N) is 1. The number of aromatic nitrogens is 1. The Morgan fingerprint density at radius 1 is 1.40 bits per heavy atom. The molecule has 0 radical (unpaired) electrons. The van der Waals surface area contributed by atoms with E-state index in [4.69, 9.17) is 0 Å². The average molecular weight is 204 g/mol. The highest BCUT2D eigenvalue weighted by molar-refractivity contribution is 5.03. The fourth-order valence-electron chi connectivity index (χ4n) is 2.37. The van der Waals surface area contributed by atoms with E-state index in [0.29, 0.717) is 6.04 Å². The topological polar surface area (TPSA) is 24.9 Å². The van der Waals surface area contributed by atoms with Crippen LogP contribution in [0, 0.1) is 5.92 Å². The molecule has 15 heavy (non-hydrogen) atoms. The second kappa shape index (κ2) is 5.26. The summed E-state index contributed by atoms with van der Waals surface area (Å²) in [5, 5.41) is 3.61. The number of nitrogens with zero attached hydrogens (tertiary/aromatic N) is 1. The molecular weight excluding hydrogens is 184 g/mol. The minimum absolute atomic E-state index is 0.704. The third kappa shape index (κ3) is 3.31. The van der Waals surface area contributed by atoms with Gasteiger partial charge in [0.05, 0.1) is 5.69 Å². The van der Waals surface area contributed by atoms with Crippen molar-refractivity contribution in [3.05, 3.63) is 30.1 Å². The van der Waals surface area contributed by atoms with Crippen molar-refractivity contribution < 1.29 is 0 Å². The Morgan fingerprint density at radius 3 is 3.07 bits per heavy atom. The van der Waals surface area contributed by atoms with Gasteiger partial charge >= 0.3 is 0 Å². The molecule has 1 heterocycles. The van der Waals surface area contributed by atoms with Crippen molar-refractivity contribution in [3.8, 4) is 0 Å². The van der Waals surface area contributed by atoms with Crippen LogP contribution in [-0.2, 0) is 6.54 Å². The molecule has 1 N–H and O–H groups in total. The van der Waals surface area contributed by atoms with Gasteiger partial charge in [-0.05, 0) is 30.9 Å². The Labute approximate surface area is 92.1 Å². The lowest BCUT2D eigenvalue weighted by atomic mass is 9.87. The predicted octanol–water partition coefficient (Wildman–Crippen LogP) is 2.75. The fourth-order valence-corrected chi connectivity index (χ4v) is 2.37. The van der Waals surface area contributed by atoms with E-state index >= 15 is 0 Å². The summed E-state index contributed by atoms with van der Waals surface area (Å²) in [7, 11) is 0. The van der Waals surface area contributed by atoms with Crippen LogP contribution in [0.2, 0.25) is 0 Å². The van der Waals surface area contributed by atoms with Crippen molar-refractivity contribution in [3.63, 3.8) is 0 Å². The molecule has 2 heteroatoms. The molecule has 2 rings (SSSR count). The third-order valence-corrected chi connectivity index (χ3v) is 3.23. The van der Waals surface area contributed by atoms with Gasteiger partial charge in [-0.25, -0.2) is 0 Å². The van der Waals surface area contributed by atoms with E-state index in [1.807, 2.05) is 18.3 Å². The molecule has 1 aromatic rings. The smallest absolute Gasteiger partial charge is 0.0541 e. The molecule has 0 bridgehead atoms. The minimum atomic E-state index is 0.704. The van der Waals surface area contributed by atoms with Crippen LogP contribution in [0.4, 0.5) is 0 Å². The lowest BCUT2D eigenvalue weighted by Crippen LogP contribution is -2.33. The molecular formula is C13H20N2. The second-order valence-electron chi connectivity index (χ2n) is 4.67. The summed E-state index contributed by atoms with van der Waals surface area (Å²) in [6.45, 7) is 3.27. The van der Waals surface area contributed by atoms with E-state index < -0.39 is 0 Å². The van der Waals surface area contributed by atoms with Crippen LogP contribution in [0.3, 0.4) is 0 Å². The molecule has 1 aliphatic rings. The highest BCUT2D eigenvalue weighted by Gasteiger charge is 2.17. The van der Waals surface area contributed by atoms with E-state index in [1.165, 1.54) is 25.7 Å². The third-order valence-electron chi connectivity index (χ3n) is 3.23. The Balaban J connectivity index is 1.78. The normalized spacial score (nSPS) is 26.5. The van der Waals surface area contributed by atoms with Gasteiger partial charge in [-0.2, -0.15) is 0 Å². The van der Waals surface area contributed by atoms with Crippen LogP contribution in [0.5, 0.6) is 0 Å². The molecule has 2 nitrogen and oxygen atoms in total. The molecule has 0 saturated heterocycles. The molecule has 1 aliphatic carbocycles. The van der Waals surface area contributed by atoms with E-state index in [-0.39, 0.29) is 0 Å². The van der Waals surface area contributed by atoms with Gasteiger partial charge in [0.1, 0.15) is 0 Å². The zero-order chi connectivity index (χ0) is 10.5. The van der Waals surface area contributed by atoms with E-state index in [2.05, 4.69) is 23.3 Å². The van der Waals surface area contributed by atoms with Crippen molar-refractivity contribution in [2.24, 2.45) is 5.92 Å². The molecule has 1 aromatic heterocycles. The summed E-state index contributed by atoms with van der Waals surface area (Å²) in [4.78, 5) is 4.32. The monoisotopic (exact) mass is 204 g/mol. The van der Waals surface area contributed by atoms with Gasteiger partial charge in [0.15, 0.2) is 0 Å². The Morgan fingerprint density at radius 2 is 2.33 bits per heavy atom. The van der Waals surface area contributed by atoms with Gasteiger partial charge in [-0.3, -0.25) is 4.98 Å². The van der Waals surface area contributed by atoms with Crippen LogP contribution in [0.25, 0.3) is 0 Å². The summed E-state index contributed by atoms with van der Waals surface area (Å²) in [5.74, 6) is 0.889. The molecule has 0 aliphatic heterocycles. The molecule has 82 valence electrons. The molecule has 2 unspecified atom stereocenters. The van der Waals surface area contributed by atoms with Crippen molar-refractivity contribution in [2.45, 2.75) is 45.2 Å². The second-order valence-corrected chi connectivity index (χ2v) is 4.67. The Bertz CT molecular complexity index is 284. The summed E-state index contributed by atoms with van der Waals surface area (Å²) >= 11 is 0. The number of hydrogen-bond acceptors (Lipinski definition) is 2. The standard InChI is InChI=1S/C13H20N2/c1-11-5-4-7-12(9-11)15-10-13-6-2-3-8-14-13/h2-3,6,8,11-12,15H,4-5,7,9-10H2,1H3. The van der Waals surface area contributed by atoms with Crippen molar-refractivity contribution in [2.75, 3.05) is 0 Å². The lowest BCUT2D eigenvalue weighted by molar-refractivity contribution is 0.300. The fraction of sp³-hybridized carbons (Fsp3) is 0.615. The number of rotatable bonds is 3. The van der Waals surface area contributed by atoms with Crippen LogP contribution in [0.15, 0.2) is 24.4 Å². The average Bonchev–Trinajstić information content (AvgIpc) is 2.28. The first-order valence-corrected chi connectivity index (χ1v) is 5.98. The minimum Gasteiger partial charge on any atom is -0.308 e. The van der Waals surface area contributed by atoms with Crippen LogP contribution in [0.1, 0.15) is 38.3 Å². The maximum Gasteiger partial charge on any atom is 0.0541 e. The van der Waals surface area contributed by atoms with E-state index in [0.717, 1.165) is 18.2 Å². The molecule has 0 spiro atoms. The quantitative estimate of drug-likeness (QED) is 0.819. The largest absolute Gasteiger partial charge is 0.308 e. The van der Waals surface area contributed by atoms with Crippen molar-refractivity contribution in [1.82, 2.24) is 10.3 Å². The first-order valence-electron chi connectivity index (χ1n) is 5.98. The number of pyridine rings is 1. The Kier molecular flexibility index (Phi) is 3.73. The van der Waals surface area contributed by atoms with Gasteiger partial charge in [0.2, 0.25) is 0 Å². The first-order chi connectivity index (χ1) is 7.34. The molecule has 0 amide bonds. The SMILES string of the molecule is CC1CCCC(NCc2ccccn2)C1. The molecule has 1 fully saturated rings. The van der Waals surface area contributed by atoms with Crippen LogP contribution < -0.4 is 5.32 Å². The predicted molar refractivity (Wildman–Crippen MR) is 62.5 cm³/mol. The van der Waals surface area contributed by atoms with Gasteiger partial charge < -0.3 is 5.32 Å². The maximum absolute atomic E-state index is 4.32. The zero-order valence-corrected chi connectivity index (χ0v) is 9.45. The van der Waals surface area contributed by atoms with E-state index in [1.54, 1.807) is 0 Å².